The van der Waals surface area contributed by atoms with Crippen LogP contribution in [0.4, 0.5) is 5.69 Å². The van der Waals surface area contributed by atoms with Crippen LogP contribution in [0.1, 0.15) is 32.1 Å². The van der Waals surface area contributed by atoms with Crippen molar-refractivity contribution >= 4 is 39.7 Å². The number of nitro benzene ring substituents is 1. The fourth-order valence-electron chi connectivity index (χ4n) is 3.00. The van der Waals surface area contributed by atoms with E-state index in [1.54, 1.807) is 0 Å². The molecule has 1 atom stereocenters. The smallest absolute Gasteiger partial charge is 0.290 e. The molecule has 2 rings (SSSR count). The average molecular weight is 398 g/mol. The first kappa shape index (κ1) is 21.1. The van der Waals surface area contributed by atoms with Gasteiger partial charge in [-0.15, -0.1) is 12.4 Å². The lowest BCUT2D eigenvalue weighted by Crippen LogP contribution is -2.45. The van der Waals surface area contributed by atoms with E-state index in [2.05, 4.69) is 4.72 Å². The number of sulfonamides is 1. The molecule has 0 bridgehead atoms. The molecular weight excluding hydrogens is 377 g/mol. The fraction of sp³-hybridized carbons (Fsp3) is 0.571. The second kappa shape index (κ2) is 8.96. The van der Waals surface area contributed by atoms with Gasteiger partial charge in [0, 0.05) is 23.7 Å². The summed E-state index contributed by atoms with van der Waals surface area (Å²) in [6, 6.07) is 3.09. The van der Waals surface area contributed by atoms with Gasteiger partial charge < -0.3 is 5.73 Å². The molecule has 0 spiro atoms. The number of nitrogens with one attached hydrogen (secondary N) is 1. The van der Waals surface area contributed by atoms with Crippen molar-refractivity contribution in [2.75, 3.05) is 6.54 Å². The van der Waals surface area contributed by atoms with Crippen LogP contribution in [0.2, 0.25) is 5.02 Å². The standard InChI is InChI=1S/C14H20ClN3O4S.ClH/c15-11-6-7-14(13(8-11)18(19)20)23(21,22)17-12(9-16)10-4-2-1-3-5-10;/h6-8,10,12,17H,1-5,9,16H2;1H. The first-order valence-electron chi connectivity index (χ1n) is 7.51. The van der Waals surface area contributed by atoms with Crippen LogP contribution in [0.5, 0.6) is 0 Å². The minimum atomic E-state index is -4.04. The minimum Gasteiger partial charge on any atom is -0.329 e. The van der Waals surface area contributed by atoms with E-state index in [-0.39, 0.29) is 34.8 Å². The normalized spacial score (nSPS) is 17.1. The summed E-state index contributed by atoms with van der Waals surface area (Å²) in [5, 5.41) is 11.2. The highest BCUT2D eigenvalue weighted by Crippen LogP contribution is 2.30. The van der Waals surface area contributed by atoms with E-state index in [0.29, 0.717) is 0 Å². The number of nitro groups is 1. The van der Waals surface area contributed by atoms with Gasteiger partial charge in [-0.1, -0.05) is 30.9 Å². The molecule has 0 heterocycles. The molecule has 10 heteroatoms. The van der Waals surface area contributed by atoms with Crippen molar-refractivity contribution in [3.05, 3.63) is 33.3 Å². The van der Waals surface area contributed by atoms with Gasteiger partial charge in [0.05, 0.1) is 4.92 Å². The Bertz CT molecular complexity index is 679. The summed E-state index contributed by atoms with van der Waals surface area (Å²) in [6.45, 7) is 0.158. The highest BCUT2D eigenvalue weighted by atomic mass is 35.5. The Morgan fingerprint density at radius 3 is 2.50 bits per heavy atom. The third-order valence-electron chi connectivity index (χ3n) is 4.19. The first-order chi connectivity index (χ1) is 10.8. The van der Waals surface area contributed by atoms with Crippen LogP contribution in [0.15, 0.2) is 23.1 Å². The van der Waals surface area contributed by atoms with Crippen LogP contribution in [-0.2, 0) is 10.0 Å². The molecule has 1 aromatic rings. The second-order valence-electron chi connectivity index (χ2n) is 5.73. The van der Waals surface area contributed by atoms with Crippen LogP contribution < -0.4 is 10.5 Å². The van der Waals surface area contributed by atoms with E-state index in [1.807, 2.05) is 0 Å². The number of halogens is 2. The average Bonchev–Trinajstić information content (AvgIpc) is 2.53. The molecule has 1 aromatic carbocycles. The van der Waals surface area contributed by atoms with Gasteiger partial charge in [0.15, 0.2) is 4.90 Å². The molecule has 0 aliphatic heterocycles. The molecule has 136 valence electrons. The first-order valence-corrected chi connectivity index (χ1v) is 9.37. The molecule has 0 amide bonds. The quantitative estimate of drug-likeness (QED) is 0.565. The molecule has 0 aromatic heterocycles. The largest absolute Gasteiger partial charge is 0.329 e. The molecule has 0 saturated heterocycles. The van der Waals surface area contributed by atoms with Crippen molar-refractivity contribution in [3.8, 4) is 0 Å². The van der Waals surface area contributed by atoms with Crippen molar-refractivity contribution < 1.29 is 13.3 Å². The van der Waals surface area contributed by atoms with E-state index < -0.39 is 26.7 Å². The third kappa shape index (κ3) is 5.03. The van der Waals surface area contributed by atoms with Gasteiger partial charge in [0.25, 0.3) is 5.69 Å². The Labute approximate surface area is 152 Å². The van der Waals surface area contributed by atoms with Gasteiger partial charge >= 0.3 is 0 Å². The van der Waals surface area contributed by atoms with E-state index in [0.717, 1.165) is 44.2 Å². The van der Waals surface area contributed by atoms with Crippen molar-refractivity contribution in [3.63, 3.8) is 0 Å². The van der Waals surface area contributed by atoms with Crippen molar-refractivity contribution in [1.29, 1.82) is 0 Å². The van der Waals surface area contributed by atoms with Gasteiger partial charge in [-0.3, -0.25) is 10.1 Å². The van der Waals surface area contributed by atoms with Crippen LogP contribution >= 0.6 is 24.0 Å². The maximum atomic E-state index is 12.6. The lowest BCUT2D eigenvalue weighted by atomic mass is 9.84. The van der Waals surface area contributed by atoms with Crippen LogP contribution in [0.3, 0.4) is 0 Å². The van der Waals surface area contributed by atoms with Crippen molar-refractivity contribution in [2.24, 2.45) is 11.7 Å². The summed E-state index contributed by atoms with van der Waals surface area (Å²) in [6.07, 6.45) is 5.05. The summed E-state index contributed by atoms with van der Waals surface area (Å²) < 4.78 is 27.7. The number of hydrogen-bond acceptors (Lipinski definition) is 5. The summed E-state index contributed by atoms with van der Waals surface area (Å²) >= 11 is 5.73. The molecule has 1 aliphatic rings. The highest BCUT2D eigenvalue weighted by Gasteiger charge is 2.31. The number of rotatable bonds is 6. The topological polar surface area (TPSA) is 115 Å². The van der Waals surface area contributed by atoms with Gasteiger partial charge in [0.2, 0.25) is 10.0 Å². The second-order valence-corrected chi connectivity index (χ2v) is 7.85. The van der Waals surface area contributed by atoms with Gasteiger partial charge in [-0.2, -0.15) is 0 Å². The monoisotopic (exact) mass is 397 g/mol. The zero-order valence-corrected chi connectivity index (χ0v) is 15.4. The Morgan fingerprint density at radius 1 is 1.33 bits per heavy atom. The molecule has 0 radical (unpaired) electrons. The molecular formula is C14H21Cl2N3O4S. The summed E-state index contributed by atoms with van der Waals surface area (Å²) in [5.74, 6) is 0.162. The maximum Gasteiger partial charge on any atom is 0.290 e. The maximum absolute atomic E-state index is 12.6. The molecule has 1 unspecified atom stereocenters. The molecule has 3 N–H and O–H groups in total. The Hall–Kier alpha value is -0.930. The lowest BCUT2D eigenvalue weighted by molar-refractivity contribution is -0.387. The molecule has 24 heavy (non-hydrogen) atoms. The lowest BCUT2D eigenvalue weighted by Gasteiger charge is -2.29. The predicted octanol–water partition coefficient (Wildman–Crippen LogP) is 2.86. The van der Waals surface area contributed by atoms with E-state index >= 15 is 0 Å². The summed E-state index contributed by atoms with van der Waals surface area (Å²) in [5.41, 5.74) is 5.19. The summed E-state index contributed by atoms with van der Waals surface area (Å²) in [7, 11) is -4.04. The Kier molecular flexibility index (Phi) is 7.88. The zero-order chi connectivity index (χ0) is 17.0. The van der Waals surface area contributed by atoms with Crippen LogP contribution in [-0.4, -0.2) is 25.9 Å². The van der Waals surface area contributed by atoms with Crippen LogP contribution in [0, 0.1) is 16.0 Å². The zero-order valence-electron chi connectivity index (χ0n) is 13.0. The van der Waals surface area contributed by atoms with E-state index in [4.69, 9.17) is 17.3 Å². The Balaban J connectivity index is 0.00000288. The van der Waals surface area contributed by atoms with E-state index in [1.165, 1.54) is 6.07 Å². The minimum absolute atomic E-state index is 0. The number of benzene rings is 1. The molecule has 7 nitrogen and oxygen atoms in total. The van der Waals surface area contributed by atoms with Gasteiger partial charge in [0.1, 0.15) is 0 Å². The molecule has 1 aliphatic carbocycles. The molecule has 1 saturated carbocycles. The SMILES string of the molecule is Cl.NCC(NS(=O)(=O)c1ccc(Cl)cc1[N+](=O)[O-])C1CCCCC1. The van der Waals surface area contributed by atoms with Gasteiger partial charge in [-0.25, -0.2) is 13.1 Å². The fourth-order valence-corrected chi connectivity index (χ4v) is 4.63. The predicted molar refractivity (Wildman–Crippen MR) is 95.1 cm³/mol. The summed E-state index contributed by atoms with van der Waals surface area (Å²) in [4.78, 5) is 9.97. The highest BCUT2D eigenvalue weighted by molar-refractivity contribution is 7.89. The van der Waals surface area contributed by atoms with E-state index in [9.17, 15) is 18.5 Å². The molecule has 1 fully saturated rings. The van der Waals surface area contributed by atoms with Crippen molar-refractivity contribution in [2.45, 2.75) is 43.0 Å². The number of hydrogen-bond donors (Lipinski definition) is 2. The van der Waals surface area contributed by atoms with Crippen LogP contribution in [0.25, 0.3) is 0 Å². The Morgan fingerprint density at radius 2 is 1.96 bits per heavy atom. The number of nitrogens with two attached hydrogens (primary N) is 1. The van der Waals surface area contributed by atoms with Gasteiger partial charge in [-0.05, 0) is 30.9 Å². The number of nitrogens with zero attached hydrogens (tertiary/aromatic N) is 1. The third-order valence-corrected chi connectivity index (χ3v) is 5.96. The van der Waals surface area contributed by atoms with Crippen molar-refractivity contribution in [1.82, 2.24) is 4.72 Å².